The number of rotatable bonds is 6. The van der Waals surface area contributed by atoms with E-state index in [9.17, 15) is 9.59 Å². The summed E-state index contributed by atoms with van der Waals surface area (Å²) in [6, 6.07) is 0.316. The Bertz CT molecular complexity index is 467. The molecule has 0 aromatic carbocycles. The number of methoxy groups -OCH3 is 1. The average molecular weight is 293 g/mol. The van der Waals surface area contributed by atoms with E-state index in [2.05, 4.69) is 4.90 Å². The van der Waals surface area contributed by atoms with Gasteiger partial charge < -0.3 is 9.47 Å². The zero-order chi connectivity index (χ0) is 15.2. The lowest BCUT2D eigenvalue weighted by Crippen LogP contribution is -2.32. The van der Waals surface area contributed by atoms with Crippen molar-refractivity contribution < 1.29 is 19.1 Å². The van der Waals surface area contributed by atoms with Crippen LogP contribution in [0.1, 0.15) is 39.0 Å². The van der Waals surface area contributed by atoms with E-state index in [1.807, 2.05) is 6.08 Å². The quantitative estimate of drug-likeness (QED) is 0.555. The first kappa shape index (κ1) is 15.8. The van der Waals surface area contributed by atoms with E-state index in [0.29, 0.717) is 23.8 Å². The molecule has 2 aliphatic heterocycles. The molecule has 0 N–H and O–H groups in total. The first-order valence-corrected chi connectivity index (χ1v) is 7.51. The second kappa shape index (κ2) is 7.41. The summed E-state index contributed by atoms with van der Waals surface area (Å²) in [5.74, 6) is 0.275. The Balaban J connectivity index is 1.72. The van der Waals surface area contributed by atoms with Crippen LogP contribution in [0.5, 0.6) is 0 Å². The highest BCUT2D eigenvalue weighted by Gasteiger charge is 2.26. The lowest BCUT2D eigenvalue weighted by atomic mass is 10.1. The van der Waals surface area contributed by atoms with E-state index >= 15 is 0 Å². The van der Waals surface area contributed by atoms with Crippen LogP contribution in [0, 0.1) is 0 Å². The molecule has 0 radical (unpaired) electrons. The van der Waals surface area contributed by atoms with Crippen molar-refractivity contribution in [3.63, 3.8) is 0 Å². The highest BCUT2D eigenvalue weighted by Crippen LogP contribution is 2.21. The summed E-state index contributed by atoms with van der Waals surface area (Å²) >= 11 is 0. The predicted molar refractivity (Wildman–Crippen MR) is 78.4 cm³/mol. The van der Waals surface area contributed by atoms with Gasteiger partial charge in [0.15, 0.2) is 0 Å². The number of likely N-dealkylation sites (tertiary alicyclic amines) is 1. The molecule has 21 heavy (non-hydrogen) atoms. The van der Waals surface area contributed by atoms with Gasteiger partial charge in [0.2, 0.25) is 0 Å². The van der Waals surface area contributed by atoms with Crippen LogP contribution >= 0.6 is 0 Å². The molecule has 1 fully saturated rings. The molecular formula is C16H23NO4. The lowest BCUT2D eigenvalue weighted by Gasteiger charge is -2.23. The van der Waals surface area contributed by atoms with Gasteiger partial charge in [-0.1, -0.05) is 0 Å². The number of carbonyl (C=O) groups excluding carboxylic acids is 2. The van der Waals surface area contributed by atoms with Gasteiger partial charge in [0.25, 0.3) is 0 Å². The summed E-state index contributed by atoms with van der Waals surface area (Å²) in [6.07, 6.45) is 8.28. The summed E-state index contributed by atoms with van der Waals surface area (Å²) in [5.41, 5.74) is 0.652. The van der Waals surface area contributed by atoms with Crippen molar-refractivity contribution in [2.75, 3.05) is 20.2 Å². The first-order chi connectivity index (χ1) is 10.1. The summed E-state index contributed by atoms with van der Waals surface area (Å²) in [6.45, 7) is 3.76. The monoisotopic (exact) mass is 293 g/mol. The third-order valence-electron chi connectivity index (χ3n) is 4.02. The van der Waals surface area contributed by atoms with Crippen molar-refractivity contribution in [2.45, 2.75) is 45.1 Å². The van der Waals surface area contributed by atoms with Crippen LogP contribution in [-0.2, 0) is 19.1 Å². The van der Waals surface area contributed by atoms with E-state index in [1.54, 1.807) is 13.0 Å². The van der Waals surface area contributed by atoms with Crippen molar-refractivity contribution in [2.24, 2.45) is 0 Å². The lowest BCUT2D eigenvalue weighted by molar-refractivity contribution is -0.141. The molecule has 0 aliphatic carbocycles. The van der Waals surface area contributed by atoms with Gasteiger partial charge in [-0.25, -0.2) is 4.79 Å². The van der Waals surface area contributed by atoms with Crippen LogP contribution in [0.4, 0.5) is 0 Å². The second-order valence-electron chi connectivity index (χ2n) is 5.58. The standard InChI is InChI=1S/C16H23NO4/c1-12-10-14(21-16(12)19)7-3-4-8-17-9-5-6-13(17)11-15(18)20-2/h7,10,13H,3-6,8-9,11H2,1-2H3/b14-7-/t13-/m1/s1. The molecule has 0 spiro atoms. The van der Waals surface area contributed by atoms with Gasteiger partial charge in [-0.15, -0.1) is 0 Å². The molecule has 116 valence electrons. The van der Waals surface area contributed by atoms with Gasteiger partial charge in [0.05, 0.1) is 13.5 Å². The number of esters is 2. The van der Waals surface area contributed by atoms with Gasteiger partial charge in [-0.3, -0.25) is 9.69 Å². The molecule has 0 unspecified atom stereocenters. The molecule has 5 heteroatoms. The molecule has 2 aliphatic rings. The van der Waals surface area contributed by atoms with E-state index in [-0.39, 0.29) is 11.9 Å². The molecule has 1 atom stereocenters. The number of allylic oxidation sites excluding steroid dienone is 2. The number of nitrogens with zero attached hydrogens (tertiary/aromatic N) is 1. The molecule has 0 amide bonds. The minimum atomic E-state index is -0.251. The smallest absolute Gasteiger partial charge is 0.339 e. The summed E-state index contributed by atoms with van der Waals surface area (Å²) in [7, 11) is 1.44. The van der Waals surface area contributed by atoms with Crippen LogP contribution in [0.25, 0.3) is 0 Å². The number of hydrogen-bond donors (Lipinski definition) is 0. The van der Waals surface area contributed by atoms with Crippen molar-refractivity contribution in [3.05, 3.63) is 23.5 Å². The minimum absolute atomic E-state index is 0.132. The summed E-state index contributed by atoms with van der Waals surface area (Å²) in [5, 5.41) is 0. The number of carbonyl (C=O) groups is 2. The first-order valence-electron chi connectivity index (χ1n) is 7.51. The third-order valence-corrected chi connectivity index (χ3v) is 4.02. The molecule has 1 saturated heterocycles. The largest absolute Gasteiger partial charge is 0.469 e. The molecule has 5 nitrogen and oxygen atoms in total. The molecule has 0 aromatic heterocycles. The molecular weight excluding hydrogens is 270 g/mol. The fraction of sp³-hybridized carbons (Fsp3) is 0.625. The van der Waals surface area contributed by atoms with Crippen LogP contribution in [-0.4, -0.2) is 43.1 Å². The zero-order valence-electron chi connectivity index (χ0n) is 12.8. The summed E-state index contributed by atoms with van der Waals surface area (Å²) in [4.78, 5) is 24.9. The maximum atomic E-state index is 11.4. The van der Waals surface area contributed by atoms with E-state index in [0.717, 1.165) is 38.8 Å². The molecule has 2 rings (SSSR count). The SMILES string of the molecule is COC(=O)C[C@H]1CCCN1CCC/C=C1/C=C(C)C(=O)O1. The third kappa shape index (κ3) is 4.43. The number of ether oxygens (including phenoxy) is 2. The maximum Gasteiger partial charge on any atom is 0.339 e. The second-order valence-corrected chi connectivity index (χ2v) is 5.58. The van der Waals surface area contributed by atoms with Gasteiger partial charge in [-0.05, 0) is 57.8 Å². The molecule has 0 saturated carbocycles. The van der Waals surface area contributed by atoms with Gasteiger partial charge in [0, 0.05) is 11.6 Å². The Kier molecular flexibility index (Phi) is 5.56. The summed E-state index contributed by atoms with van der Waals surface area (Å²) < 4.78 is 9.83. The number of unbranched alkanes of at least 4 members (excludes halogenated alkanes) is 1. The fourth-order valence-corrected chi connectivity index (χ4v) is 2.83. The van der Waals surface area contributed by atoms with Crippen molar-refractivity contribution in [1.82, 2.24) is 4.90 Å². The molecule has 0 bridgehead atoms. The van der Waals surface area contributed by atoms with E-state index in [1.165, 1.54) is 7.11 Å². The van der Waals surface area contributed by atoms with Gasteiger partial charge >= 0.3 is 11.9 Å². The van der Waals surface area contributed by atoms with Crippen LogP contribution in [0.15, 0.2) is 23.5 Å². The van der Waals surface area contributed by atoms with Crippen molar-refractivity contribution >= 4 is 11.9 Å². The Hall–Kier alpha value is -1.62. The molecule has 2 heterocycles. The minimum Gasteiger partial charge on any atom is -0.469 e. The van der Waals surface area contributed by atoms with Crippen LogP contribution in [0.2, 0.25) is 0 Å². The van der Waals surface area contributed by atoms with Crippen LogP contribution in [0.3, 0.4) is 0 Å². The average Bonchev–Trinajstić information content (AvgIpc) is 3.02. The van der Waals surface area contributed by atoms with Gasteiger partial charge in [0.1, 0.15) is 5.76 Å². The topological polar surface area (TPSA) is 55.8 Å². The van der Waals surface area contributed by atoms with Crippen molar-refractivity contribution in [3.8, 4) is 0 Å². The Morgan fingerprint density at radius 1 is 1.57 bits per heavy atom. The van der Waals surface area contributed by atoms with Crippen LogP contribution < -0.4 is 0 Å². The van der Waals surface area contributed by atoms with Crippen molar-refractivity contribution in [1.29, 1.82) is 0 Å². The van der Waals surface area contributed by atoms with E-state index < -0.39 is 0 Å². The highest BCUT2D eigenvalue weighted by atomic mass is 16.5. The number of cyclic esters (lactones) is 1. The number of hydrogen-bond acceptors (Lipinski definition) is 5. The van der Waals surface area contributed by atoms with E-state index in [4.69, 9.17) is 9.47 Å². The normalized spacial score (nSPS) is 24.3. The zero-order valence-corrected chi connectivity index (χ0v) is 12.8. The fourth-order valence-electron chi connectivity index (χ4n) is 2.83. The Labute approximate surface area is 125 Å². The highest BCUT2D eigenvalue weighted by molar-refractivity contribution is 5.92. The Morgan fingerprint density at radius 2 is 2.38 bits per heavy atom. The Morgan fingerprint density at radius 3 is 3.05 bits per heavy atom. The van der Waals surface area contributed by atoms with Gasteiger partial charge in [-0.2, -0.15) is 0 Å². The predicted octanol–water partition coefficient (Wildman–Crippen LogP) is 2.18. The maximum absolute atomic E-state index is 11.4. The molecule has 0 aromatic rings.